The lowest BCUT2D eigenvalue weighted by Gasteiger charge is -2.10. The predicted octanol–water partition coefficient (Wildman–Crippen LogP) is 1.38. The highest BCUT2D eigenvalue weighted by atomic mass is 127. The number of rotatable bonds is 6. The molecule has 0 spiro atoms. The van der Waals surface area contributed by atoms with E-state index >= 15 is 0 Å². The van der Waals surface area contributed by atoms with E-state index in [1.165, 1.54) is 0 Å². The Kier molecular flexibility index (Phi) is 7.98. The molecule has 24 heavy (non-hydrogen) atoms. The van der Waals surface area contributed by atoms with Gasteiger partial charge in [-0.25, -0.2) is 4.98 Å². The molecular weight excluding hydrogens is 443 g/mol. The number of halogens is 1. The predicted molar refractivity (Wildman–Crippen MR) is 106 cm³/mol. The van der Waals surface area contributed by atoms with Gasteiger partial charge < -0.3 is 25.7 Å². The maximum Gasteiger partial charge on any atom is 0.284 e. The molecule has 0 aliphatic heterocycles. The Morgan fingerprint density at radius 2 is 2.08 bits per heavy atom. The summed E-state index contributed by atoms with van der Waals surface area (Å²) in [6.07, 6.45) is 0. The van der Waals surface area contributed by atoms with Crippen molar-refractivity contribution in [3.8, 4) is 0 Å². The van der Waals surface area contributed by atoms with Crippen molar-refractivity contribution in [2.24, 2.45) is 10.7 Å². The summed E-state index contributed by atoms with van der Waals surface area (Å²) in [7, 11) is 5.60. The molecule has 0 unspecified atom stereocenters. The monoisotopic (exact) mass is 464 g/mol. The van der Waals surface area contributed by atoms with Crippen molar-refractivity contribution in [2.75, 3.05) is 26.0 Å². The molecule has 2 aromatic heterocycles. The van der Waals surface area contributed by atoms with Gasteiger partial charge in [-0.15, -0.1) is 35.3 Å². The third-order valence-corrected chi connectivity index (χ3v) is 3.97. The van der Waals surface area contributed by atoms with Gasteiger partial charge in [0.1, 0.15) is 5.76 Å². The van der Waals surface area contributed by atoms with Crippen LogP contribution in [-0.4, -0.2) is 38.0 Å². The lowest BCUT2D eigenvalue weighted by Crippen LogP contribution is -2.36. The summed E-state index contributed by atoms with van der Waals surface area (Å²) in [5.74, 6) is 0.772. The number of nitrogens with zero attached hydrogens (tertiary/aromatic N) is 3. The first-order valence-corrected chi connectivity index (χ1v) is 7.82. The lowest BCUT2D eigenvalue weighted by molar-refractivity contribution is 0.0972. The number of nitrogens with two attached hydrogens (primary N) is 1. The molecule has 0 atom stereocenters. The number of thiazole rings is 1. The number of guanidine groups is 1. The standard InChI is InChI=1S/C14H20N6O2S.HI/c1-16-13(17-6-9-8-23-14(19-9)20(2)3)18-7-10-4-5-11(22-10)12(15)21;/h4-5,8H,6-7H2,1-3H3,(H2,15,21)(H2,16,17,18);1H. The van der Waals surface area contributed by atoms with E-state index in [0.29, 0.717) is 24.8 Å². The van der Waals surface area contributed by atoms with Gasteiger partial charge >= 0.3 is 0 Å². The second-order valence-corrected chi connectivity index (χ2v) is 5.76. The van der Waals surface area contributed by atoms with Crippen LogP contribution < -0.4 is 21.3 Å². The van der Waals surface area contributed by atoms with Crippen LogP contribution in [0.25, 0.3) is 0 Å². The number of furan rings is 1. The van der Waals surface area contributed by atoms with Crippen LogP contribution in [0.4, 0.5) is 5.13 Å². The molecule has 8 nitrogen and oxygen atoms in total. The maximum atomic E-state index is 11.0. The van der Waals surface area contributed by atoms with E-state index in [-0.39, 0.29) is 29.7 Å². The summed E-state index contributed by atoms with van der Waals surface area (Å²) in [4.78, 5) is 21.6. The van der Waals surface area contributed by atoms with Crippen LogP contribution in [0.5, 0.6) is 0 Å². The number of carbonyl (C=O) groups excluding carboxylic acids is 1. The van der Waals surface area contributed by atoms with Gasteiger partial charge in [-0.2, -0.15) is 0 Å². The summed E-state index contributed by atoms with van der Waals surface area (Å²) in [6, 6.07) is 3.25. The summed E-state index contributed by atoms with van der Waals surface area (Å²) in [5, 5.41) is 9.22. The van der Waals surface area contributed by atoms with Crippen LogP contribution in [0.3, 0.4) is 0 Å². The van der Waals surface area contributed by atoms with Crippen molar-refractivity contribution < 1.29 is 9.21 Å². The highest BCUT2D eigenvalue weighted by Gasteiger charge is 2.08. The molecule has 0 saturated carbocycles. The zero-order valence-electron chi connectivity index (χ0n) is 13.7. The highest BCUT2D eigenvalue weighted by molar-refractivity contribution is 14.0. The summed E-state index contributed by atoms with van der Waals surface area (Å²) in [6.45, 7) is 0.960. The van der Waals surface area contributed by atoms with Gasteiger partial charge in [0.15, 0.2) is 16.9 Å². The Bertz CT molecular complexity index is 697. The number of nitrogens with one attached hydrogen (secondary N) is 2. The van der Waals surface area contributed by atoms with E-state index in [9.17, 15) is 4.79 Å². The number of carbonyl (C=O) groups is 1. The molecule has 1 amide bonds. The zero-order valence-corrected chi connectivity index (χ0v) is 16.8. The largest absolute Gasteiger partial charge is 0.454 e. The Balaban J connectivity index is 0.00000288. The first kappa shape index (κ1) is 20.2. The van der Waals surface area contributed by atoms with Gasteiger partial charge in [-0.3, -0.25) is 9.79 Å². The molecule has 0 aromatic carbocycles. The van der Waals surface area contributed by atoms with Crippen molar-refractivity contribution in [3.05, 3.63) is 34.7 Å². The first-order chi connectivity index (χ1) is 11.0. The normalized spacial score (nSPS) is 10.9. The number of aliphatic imine (C=N–C) groups is 1. The molecule has 2 rings (SSSR count). The molecule has 0 fully saturated rings. The fourth-order valence-electron chi connectivity index (χ4n) is 1.75. The molecule has 2 heterocycles. The van der Waals surface area contributed by atoms with Crippen molar-refractivity contribution in [3.63, 3.8) is 0 Å². The molecule has 4 N–H and O–H groups in total. The summed E-state index contributed by atoms with van der Waals surface area (Å²) in [5.41, 5.74) is 6.09. The van der Waals surface area contributed by atoms with E-state index in [1.807, 2.05) is 24.4 Å². The molecule has 2 aromatic rings. The molecule has 0 saturated heterocycles. The Labute approximate surface area is 161 Å². The zero-order chi connectivity index (χ0) is 16.8. The fourth-order valence-corrected chi connectivity index (χ4v) is 2.51. The molecule has 0 aliphatic rings. The molecule has 0 radical (unpaired) electrons. The van der Waals surface area contributed by atoms with Crippen molar-refractivity contribution in [1.82, 2.24) is 15.6 Å². The van der Waals surface area contributed by atoms with Gasteiger partial charge in [0.2, 0.25) is 0 Å². The minimum Gasteiger partial charge on any atom is -0.454 e. The number of amides is 1. The Hall–Kier alpha value is -1.82. The van der Waals surface area contributed by atoms with Crippen LogP contribution in [0.1, 0.15) is 22.0 Å². The minimum absolute atomic E-state index is 0. The SMILES string of the molecule is CN=C(NCc1csc(N(C)C)n1)NCc1ccc(C(N)=O)o1.I. The van der Waals surface area contributed by atoms with Gasteiger partial charge in [-0.1, -0.05) is 0 Å². The van der Waals surface area contributed by atoms with E-state index in [4.69, 9.17) is 10.2 Å². The quantitative estimate of drug-likeness (QED) is 0.339. The number of primary amides is 1. The van der Waals surface area contributed by atoms with E-state index < -0.39 is 5.91 Å². The van der Waals surface area contributed by atoms with E-state index in [1.54, 1.807) is 30.5 Å². The smallest absolute Gasteiger partial charge is 0.284 e. The minimum atomic E-state index is -0.584. The lowest BCUT2D eigenvalue weighted by atomic mass is 10.4. The first-order valence-electron chi connectivity index (χ1n) is 6.94. The van der Waals surface area contributed by atoms with E-state index in [0.717, 1.165) is 10.8 Å². The Morgan fingerprint density at radius 3 is 2.62 bits per heavy atom. The molecule has 0 aliphatic carbocycles. The van der Waals surface area contributed by atoms with Crippen LogP contribution in [0.2, 0.25) is 0 Å². The topological polar surface area (TPSA) is 109 Å². The average Bonchev–Trinajstić information content (AvgIpc) is 3.16. The molecule has 132 valence electrons. The molecule has 10 heteroatoms. The van der Waals surface area contributed by atoms with Crippen molar-refractivity contribution >= 4 is 52.3 Å². The number of hydrogen-bond donors (Lipinski definition) is 3. The maximum absolute atomic E-state index is 11.0. The van der Waals surface area contributed by atoms with Crippen molar-refractivity contribution in [1.29, 1.82) is 0 Å². The average molecular weight is 464 g/mol. The van der Waals surface area contributed by atoms with Gasteiger partial charge in [0.05, 0.1) is 18.8 Å². The number of aromatic nitrogens is 1. The molecule has 0 bridgehead atoms. The van der Waals surface area contributed by atoms with Crippen LogP contribution in [-0.2, 0) is 13.1 Å². The summed E-state index contributed by atoms with van der Waals surface area (Å²) < 4.78 is 5.30. The summed E-state index contributed by atoms with van der Waals surface area (Å²) >= 11 is 1.59. The van der Waals surface area contributed by atoms with Gasteiger partial charge in [0, 0.05) is 26.5 Å². The number of hydrogen-bond acceptors (Lipinski definition) is 6. The third-order valence-electron chi connectivity index (χ3n) is 2.92. The van der Waals surface area contributed by atoms with E-state index in [2.05, 4.69) is 20.6 Å². The van der Waals surface area contributed by atoms with Crippen LogP contribution in [0, 0.1) is 0 Å². The van der Waals surface area contributed by atoms with Crippen molar-refractivity contribution in [2.45, 2.75) is 13.1 Å². The number of anilines is 1. The van der Waals surface area contributed by atoms with Gasteiger partial charge in [-0.05, 0) is 12.1 Å². The fraction of sp³-hybridized carbons (Fsp3) is 0.357. The van der Waals surface area contributed by atoms with Gasteiger partial charge in [0.25, 0.3) is 5.91 Å². The second-order valence-electron chi connectivity index (χ2n) is 4.93. The van der Waals surface area contributed by atoms with Crippen LogP contribution >= 0.6 is 35.3 Å². The third kappa shape index (κ3) is 5.67. The highest BCUT2D eigenvalue weighted by Crippen LogP contribution is 2.17. The van der Waals surface area contributed by atoms with Crippen LogP contribution in [0.15, 0.2) is 26.9 Å². The Morgan fingerprint density at radius 1 is 1.38 bits per heavy atom. The second kappa shape index (κ2) is 9.47. The molecular formula is C14H21IN6O2S.